The molecule has 0 fully saturated rings. The second kappa shape index (κ2) is 7.65. The van der Waals surface area contributed by atoms with Gasteiger partial charge in [0, 0.05) is 12.1 Å². The number of alkyl halides is 3. The van der Waals surface area contributed by atoms with Crippen LogP contribution in [0.5, 0.6) is 0 Å². The molecule has 0 aromatic heterocycles. The van der Waals surface area contributed by atoms with Crippen molar-refractivity contribution >= 4 is 6.72 Å². The fraction of sp³-hybridized carbons (Fsp3) is 0.350. The molecule has 1 aliphatic rings. The quantitative estimate of drug-likeness (QED) is 0.339. The van der Waals surface area contributed by atoms with Crippen molar-refractivity contribution in [3.63, 3.8) is 0 Å². The molecule has 2 atom stereocenters. The molecular formula is C20H22F3N. The van der Waals surface area contributed by atoms with Crippen LogP contribution < -0.4 is 0 Å². The van der Waals surface area contributed by atoms with E-state index >= 15 is 0 Å². The number of nitrogens with zero attached hydrogens (tertiary/aromatic N) is 1. The molecule has 0 spiro atoms. The lowest BCUT2D eigenvalue weighted by atomic mass is 9.92. The van der Waals surface area contributed by atoms with Gasteiger partial charge in [0.25, 0.3) is 0 Å². The first-order valence-corrected chi connectivity index (χ1v) is 8.01. The van der Waals surface area contributed by atoms with Gasteiger partial charge in [-0.1, -0.05) is 43.4 Å². The molecule has 0 heterocycles. The Hall–Kier alpha value is -2.10. The number of benzene rings is 1. The van der Waals surface area contributed by atoms with Crippen molar-refractivity contribution in [2.75, 3.05) is 0 Å². The van der Waals surface area contributed by atoms with Gasteiger partial charge in [0.15, 0.2) is 0 Å². The molecule has 1 aromatic rings. The number of aliphatic imine (C=N–C) groups is 1. The maximum atomic E-state index is 12.8. The van der Waals surface area contributed by atoms with E-state index < -0.39 is 11.7 Å². The summed E-state index contributed by atoms with van der Waals surface area (Å²) in [5.74, 6) is 0.532. The number of aryl methyl sites for hydroxylation is 1. The van der Waals surface area contributed by atoms with Gasteiger partial charge in [-0.25, -0.2) is 0 Å². The van der Waals surface area contributed by atoms with Crippen LogP contribution in [0.4, 0.5) is 13.2 Å². The molecule has 0 aliphatic heterocycles. The molecule has 4 heteroatoms. The number of halogens is 3. The van der Waals surface area contributed by atoms with Crippen molar-refractivity contribution < 1.29 is 13.2 Å². The zero-order valence-corrected chi connectivity index (χ0v) is 13.8. The van der Waals surface area contributed by atoms with Gasteiger partial charge >= 0.3 is 6.18 Å². The first-order valence-electron chi connectivity index (χ1n) is 8.01. The van der Waals surface area contributed by atoms with Crippen LogP contribution in [0.1, 0.15) is 48.3 Å². The first kappa shape index (κ1) is 18.2. The van der Waals surface area contributed by atoms with E-state index in [9.17, 15) is 13.2 Å². The highest BCUT2D eigenvalue weighted by atomic mass is 19.4. The predicted octanol–water partition coefficient (Wildman–Crippen LogP) is 6.10. The average molecular weight is 333 g/mol. The van der Waals surface area contributed by atoms with E-state index in [-0.39, 0.29) is 5.92 Å². The van der Waals surface area contributed by atoms with Crippen molar-refractivity contribution in [2.24, 2.45) is 4.99 Å². The standard InChI is InChI=1S/C20H22F3N/c1-4-15-8-9-16-10-11-17(12-19(15)16)14(2)6-5-7-18(13-24-3)20(21,22)23/h4-5,7,10-15H,1,3,6,8-9H2,2H3/b7-5-,18-13+. The zero-order chi connectivity index (χ0) is 17.7. The van der Waals surface area contributed by atoms with E-state index in [0.717, 1.165) is 30.7 Å². The van der Waals surface area contributed by atoms with E-state index in [0.29, 0.717) is 12.3 Å². The summed E-state index contributed by atoms with van der Waals surface area (Å²) < 4.78 is 38.3. The van der Waals surface area contributed by atoms with Gasteiger partial charge in [-0.2, -0.15) is 13.2 Å². The minimum atomic E-state index is -4.41. The Morgan fingerprint density at radius 1 is 1.42 bits per heavy atom. The Morgan fingerprint density at radius 3 is 2.79 bits per heavy atom. The van der Waals surface area contributed by atoms with E-state index in [1.165, 1.54) is 11.1 Å². The highest BCUT2D eigenvalue weighted by Crippen LogP contribution is 2.36. The molecule has 0 radical (unpaired) electrons. The second-order valence-corrected chi connectivity index (χ2v) is 6.14. The fourth-order valence-corrected chi connectivity index (χ4v) is 3.05. The molecule has 24 heavy (non-hydrogen) atoms. The lowest BCUT2D eigenvalue weighted by Gasteiger charge is -2.13. The largest absolute Gasteiger partial charge is 0.417 e. The molecule has 128 valence electrons. The summed E-state index contributed by atoms with van der Waals surface area (Å²) in [6.07, 6.45) is 3.61. The Bertz CT molecular complexity index is 668. The molecule has 0 bridgehead atoms. The van der Waals surface area contributed by atoms with Crippen molar-refractivity contribution in [1.29, 1.82) is 0 Å². The van der Waals surface area contributed by atoms with Gasteiger partial charge < -0.3 is 0 Å². The lowest BCUT2D eigenvalue weighted by Crippen LogP contribution is -2.09. The smallest absolute Gasteiger partial charge is 0.272 e. The number of rotatable bonds is 6. The lowest BCUT2D eigenvalue weighted by molar-refractivity contribution is -0.0883. The molecule has 0 amide bonds. The van der Waals surface area contributed by atoms with E-state index in [1.54, 1.807) is 6.08 Å². The van der Waals surface area contributed by atoms with Crippen molar-refractivity contribution in [1.82, 2.24) is 0 Å². The third-order valence-electron chi connectivity index (χ3n) is 4.49. The van der Waals surface area contributed by atoms with Crippen LogP contribution in [-0.4, -0.2) is 12.9 Å². The predicted molar refractivity (Wildman–Crippen MR) is 93.6 cm³/mol. The topological polar surface area (TPSA) is 12.4 Å². The maximum absolute atomic E-state index is 12.8. The summed E-state index contributed by atoms with van der Waals surface area (Å²) in [7, 11) is 0. The molecule has 2 unspecified atom stereocenters. The van der Waals surface area contributed by atoms with Crippen LogP contribution >= 0.6 is 0 Å². The van der Waals surface area contributed by atoms with Crippen LogP contribution in [-0.2, 0) is 6.42 Å². The summed E-state index contributed by atoms with van der Waals surface area (Å²) >= 11 is 0. The summed E-state index contributed by atoms with van der Waals surface area (Å²) in [6.45, 7) is 8.99. The van der Waals surface area contributed by atoms with Gasteiger partial charge in [0.1, 0.15) is 0 Å². The molecule has 0 saturated heterocycles. The van der Waals surface area contributed by atoms with Crippen LogP contribution in [0, 0.1) is 0 Å². The summed E-state index contributed by atoms with van der Waals surface area (Å²) in [4.78, 5) is 3.22. The van der Waals surface area contributed by atoms with Gasteiger partial charge in [-0.3, -0.25) is 4.99 Å². The Balaban J connectivity index is 2.09. The normalized spacial score (nSPS) is 19.3. The van der Waals surface area contributed by atoms with Crippen LogP contribution in [0.3, 0.4) is 0 Å². The first-order chi connectivity index (χ1) is 11.4. The van der Waals surface area contributed by atoms with Gasteiger partial charge in [-0.15, -0.1) is 6.58 Å². The molecule has 1 aliphatic carbocycles. The Kier molecular flexibility index (Phi) is 5.81. The summed E-state index contributed by atoms with van der Waals surface area (Å²) in [6, 6.07) is 6.39. The van der Waals surface area contributed by atoms with Crippen molar-refractivity contribution in [3.8, 4) is 0 Å². The molecule has 2 rings (SSSR count). The van der Waals surface area contributed by atoms with E-state index in [1.807, 2.05) is 13.0 Å². The third-order valence-corrected chi connectivity index (χ3v) is 4.49. The van der Waals surface area contributed by atoms with E-state index in [4.69, 9.17) is 0 Å². The number of hydrogen-bond acceptors (Lipinski definition) is 1. The number of hydrogen-bond donors (Lipinski definition) is 0. The maximum Gasteiger partial charge on any atom is 0.417 e. The number of allylic oxidation sites excluding steroid dienone is 4. The monoisotopic (exact) mass is 333 g/mol. The highest BCUT2D eigenvalue weighted by Gasteiger charge is 2.31. The van der Waals surface area contributed by atoms with E-state index in [2.05, 4.69) is 36.5 Å². The van der Waals surface area contributed by atoms with Gasteiger partial charge in [-0.05, 0) is 48.6 Å². The summed E-state index contributed by atoms with van der Waals surface area (Å²) in [5, 5.41) is 0. The fourth-order valence-electron chi connectivity index (χ4n) is 3.05. The third kappa shape index (κ3) is 4.25. The van der Waals surface area contributed by atoms with Crippen LogP contribution in [0.2, 0.25) is 0 Å². The Morgan fingerprint density at radius 2 is 2.17 bits per heavy atom. The summed E-state index contributed by atoms with van der Waals surface area (Å²) in [5.41, 5.74) is 3.02. The van der Waals surface area contributed by atoms with Crippen LogP contribution in [0.15, 0.2) is 59.8 Å². The van der Waals surface area contributed by atoms with Crippen molar-refractivity contribution in [3.05, 3.63) is 71.5 Å². The Labute approximate surface area is 141 Å². The van der Waals surface area contributed by atoms with Crippen LogP contribution in [0.25, 0.3) is 0 Å². The second-order valence-electron chi connectivity index (χ2n) is 6.14. The molecule has 0 N–H and O–H groups in total. The SMILES string of the molecule is C=CC1CCc2ccc(C(C)C/C=C\C(=C/N=C)C(F)(F)F)cc21. The van der Waals surface area contributed by atoms with Crippen molar-refractivity contribution in [2.45, 2.75) is 44.2 Å². The zero-order valence-electron chi connectivity index (χ0n) is 13.8. The number of fused-ring (bicyclic) bond motifs is 1. The van der Waals surface area contributed by atoms with Gasteiger partial charge in [0.2, 0.25) is 0 Å². The highest BCUT2D eigenvalue weighted by molar-refractivity contribution is 5.41. The molecule has 1 aromatic carbocycles. The molecule has 0 saturated carbocycles. The molecule has 1 nitrogen and oxygen atoms in total. The minimum Gasteiger partial charge on any atom is -0.272 e. The average Bonchev–Trinajstić information content (AvgIpc) is 2.95. The molecular weight excluding hydrogens is 311 g/mol. The minimum absolute atomic E-state index is 0.142. The van der Waals surface area contributed by atoms with Gasteiger partial charge in [0.05, 0.1) is 5.57 Å².